The number of ether oxygens (including phenoxy) is 1. The van der Waals surface area contributed by atoms with Gasteiger partial charge in [-0.2, -0.15) is 0 Å². The molecular weight excluding hydrogens is 361 g/mol. The van der Waals surface area contributed by atoms with Gasteiger partial charge in [0.15, 0.2) is 10.9 Å². The first kappa shape index (κ1) is 17.2. The van der Waals surface area contributed by atoms with E-state index in [4.69, 9.17) is 4.74 Å². The van der Waals surface area contributed by atoms with Crippen LogP contribution in [-0.2, 0) is 0 Å². The maximum atomic E-state index is 13.6. The SMILES string of the molecule is Cc1c(S)cccc1Oc1ccc(F)cc1NC(=O)Nc1nccs1. The van der Waals surface area contributed by atoms with Gasteiger partial charge < -0.3 is 10.1 Å². The van der Waals surface area contributed by atoms with Crippen LogP contribution in [-0.4, -0.2) is 11.0 Å². The molecule has 2 amide bonds. The maximum absolute atomic E-state index is 13.6. The summed E-state index contributed by atoms with van der Waals surface area (Å²) in [7, 11) is 0. The van der Waals surface area contributed by atoms with Gasteiger partial charge in [-0.15, -0.1) is 24.0 Å². The Kier molecular flexibility index (Phi) is 5.20. The molecule has 1 aromatic heterocycles. The molecular formula is C17H14FN3O2S2. The normalized spacial score (nSPS) is 10.4. The van der Waals surface area contributed by atoms with Crippen molar-refractivity contribution in [2.75, 3.05) is 10.6 Å². The van der Waals surface area contributed by atoms with Crippen LogP contribution in [0.4, 0.5) is 20.0 Å². The van der Waals surface area contributed by atoms with Gasteiger partial charge in [-0.05, 0) is 31.2 Å². The minimum atomic E-state index is -0.537. The predicted octanol–water partition coefficient (Wildman–Crippen LogP) is 5.32. The zero-order chi connectivity index (χ0) is 17.8. The molecule has 0 aliphatic rings. The molecule has 8 heteroatoms. The van der Waals surface area contributed by atoms with Crippen molar-refractivity contribution in [3.05, 3.63) is 59.4 Å². The van der Waals surface area contributed by atoms with Gasteiger partial charge in [-0.25, -0.2) is 14.2 Å². The van der Waals surface area contributed by atoms with Crippen LogP contribution in [0.25, 0.3) is 0 Å². The second-order valence-electron chi connectivity index (χ2n) is 5.06. The van der Waals surface area contributed by atoms with E-state index in [2.05, 4.69) is 28.2 Å². The Morgan fingerprint density at radius 1 is 1.24 bits per heavy atom. The zero-order valence-corrected chi connectivity index (χ0v) is 14.8. The van der Waals surface area contributed by atoms with Crippen molar-refractivity contribution in [1.82, 2.24) is 4.98 Å². The van der Waals surface area contributed by atoms with Crippen molar-refractivity contribution < 1.29 is 13.9 Å². The van der Waals surface area contributed by atoms with Gasteiger partial charge in [-0.1, -0.05) is 6.07 Å². The molecule has 25 heavy (non-hydrogen) atoms. The van der Waals surface area contributed by atoms with Crippen LogP contribution in [0.15, 0.2) is 52.9 Å². The second kappa shape index (κ2) is 7.54. The highest BCUT2D eigenvalue weighted by Crippen LogP contribution is 2.33. The first-order valence-electron chi connectivity index (χ1n) is 7.26. The topological polar surface area (TPSA) is 63.2 Å². The van der Waals surface area contributed by atoms with E-state index in [9.17, 15) is 9.18 Å². The van der Waals surface area contributed by atoms with E-state index >= 15 is 0 Å². The highest BCUT2D eigenvalue weighted by molar-refractivity contribution is 7.80. The fourth-order valence-electron chi connectivity index (χ4n) is 2.06. The number of hydrogen-bond donors (Lipinski definition) is 3. The average Bonchev–Trinajstić information content (AvgIpc) is 3.07. The van der Waals surface area contributed by atoms with Crippen molar-refractivity contribution in [1.29, 1.82) is 0 Å². The smallest absolute Gasteiger partial charge is 0.325 e. The molecule has 0 unspecified atom stereocenters. The van der Waals surface area contributed by atoms with Gasteiger partial charge in [0.25, 0.3) is 0 Å². The van der Waals surface area contributed by atoms with E-state index < -0.39 is 11.8 Å². The number of anilines is 2. The van der Waals surface area contributed by atoms with E-state index in [0.29, 0.717) is 16.6 Å². The number of amides is 2. The number of rotatable bonds is 4. The molecule has 0 radical (unpaired) electrons. The molecule has 3 aromatic rings. The number of nitrogens with one attached hydrogen (secondary N) is 2. The van der Waals surface area contributed by atoms with E-state index in [1.807, 2.05) is 13.0 Å². The van der Waals surface area contributed by atoms with Gasteiger partial charge in [0, 0.05) is 28.1 Å². The number of nitrogens with zero attached hydrogens (tertiary/aromatic N) is 1. The lowest BCUT2D eigenvalue weighted by atomic mass is 10.2. The van der Waals surface area contributed by atoms with Crippen molar-refractivity contribution >= 4 is 40.8 Å². The van der Waals surface area contributed by atoms with E-state index in [1.54, 1.807) is 23.7 Å². The Bertz CT molecular complexity index is 901. The highest BCUT2D eigenvalue weighted by Gasteiger charge is 2.13. The Labute approximate surface area is 153 Å². The van der Waals surface area contributed by atoms with E-state index in [1.165, 1.54) is 29.5 Å². The molecule has 0 atom stereocenters. The fraction of sp³-hybridized carbons (Fsp3) is 0.0588. The number of halogens is 1. The molecule has 0 spiro atoms. The summed E-state index contributed by atoms with van der Waals surface area (Å²) in [6, 6.07) is 8.80. The molecule has 5 nitrogen and oxygen atoms in total. The summed E-state index contributed by atoms with van der Waals surface area (Å²) in [5.41, 5.74) is 1.05. The summed E-state index contributed by atoms with van der Waals surface area (Å²) in [4.78, 5) is 16.8. The largest absolute Gasteiger partial charge is 0.455 e. The van der Waals surface area contributed by atoms with Crippen LogP contribution >= 0.6 is 24.0 Å². The number of urea groups is 1. The van der Waals surface area contributed by atoms with Crippen LogP contribution in [0.1, 0.15) is 5.56 Å². The summed E-state index contributed by atoms with van der Waals surface area (Å²) in [5.74, 6) is 0.400. The summed E-state index contributed by atoms with van der Waals surface area (Å²) in [6.45, 7) is 1.86. The van der Waals surface area contributed by atoms with Gasteiger partial charge in [0.2, 0.25) is 0 Å². The molecule has 0 bridgehead atoms. The Balaban J connectivity index is 1.82. The monoisotopic (exact) mass is 375 g/mol. The molecule has 0 fully saturated rings. The number of aromatic nitrogens is 1. The quantitative estimate of drug-likeness (QED) is 0.541. The molecule has 3 rings (SSSR count). The van der Waals surface area contributed by atoms with Crippen LogP contribution in [0.2, 0.25) is 0 Å². The summed E-state index contributed by atoms with van der Waals surface area (Å²) in [5, 5.41) is 7.32. The third-order valence-electron chi connectivity index (χ3n) is 3.32. The lowest BCUT2D eigenvalue weighted by Crippen LogP contribution is -2.19. The first-order valence-corrected chi connectivity index (χ1v) is 8.59. The third kappa shape index (κ3) is 4.28. The van der Waals surface area contributed by atoms with Crippen LogP contribution in [0.3, 0.4) is 0 Å². The standard InChI is InChI=1S/C17H14FN3O2S2/c1-10-13(3-2-4-15(10)24)23-14-6-5-11(18)9-12(14)20-16(22)21-17-19-7-8-25-17/h2-9,24H,1H3,(H2,19,20,21,22). The van der Waals surface area contributed by atoms with Gasteiger partial charge >= 0.3 is 6.03 Å². The van der Waals surface area contributed by atoms with E-state index in [-0.39, 0.29) is 5.69 Å². The second-order valence-corrected chi connectivity index (χ2v) is 6.44. The van der Waals surface area contributed by atoms with Crippen LogP contribution in [0, 0.1) is 12.7 Å². The average molecular weight is 375 g/mol. The van der Waals surface area contributed by atoms with Gasteiger partial charge in [0.05, 0.1) is 5.69 Å². The van der Waals surface area contributed by atoms with Crippen LogP contribution < -0.4 is 15.4 Å². The molecule has 0 saturated heterocycles. The molecule has 2 N–H and O–H groups in total. The van der Waals surface area contributed by atoms with E-state index in [0.717, 1.165) is 10.5 Å². The third-order valence-corrected chi connectivity index (χ3v) is 4.49. The lowest BCUT2D eigenvalue weighted by molar-refractivity contribution is 0.262. The zero-order valence-electron chi connectivity index (χ0n) is 13.1. The Morgan fingerprint density at radius 3 is 2.84 bits per heavy atom. The number of carbonyl (C=O) groups excluding carboxylic acids is 1. The Morgan fingerprint density at radius 2 is 2.08 bits per heavy atom. The van der Waals surface area contributed by atoms with Crippen molar-refractivity contribution in [2.24, 2.45) is 0 Å². The van der Waals surface area contributed by atoms with Crippen molar-refractivity contribution in [2.45, 2.75) is 11.8 Å². The lowest BCUT2D eigenvalue weighted by Gasteiger charge is -2.14. The number of benzene rings is 2. The predicted molar refractivity (Wildman–Crippen MR) is 99.7 cm³/mol. The maximum Gasteiger partial charge on any atom is 0.325 e. The van der Waals surface area contributed by atoms with Gasteiger partial charge in [0.1, 0.15) is 11.6 Å². The minimum absolute atomic E-state index is 0.207. The van der Waals surface area contributed by atoms with Crippen molar-refractivity contribution in [3.63, 3.8) is 0 Å². The number of hydrogen-bond acceptors (Lipinski definition) is 5. The minimum Gasteiger partial charge on any atom is -0.455 e. The molecule has 0 aliphatic heterocycles. The summed E-state index contributed by atoms with van der Waals surface area (Å²) in [6.07, 6.45) is 1.57. The fourth-order valence-corrected chi connectivity index (χ4v) is 2.78. The number of thiol groups is 1. The summed E-state index contributed by atoms with van der Waals surface area (Å²) >= 11 is 5.63. The van der Waals surface area contributed by atoms with Gasteiger partial charge in [-0.3, -0.25) is 5.32 Å². The summed E-state index contributed by atoms with van der Waals surface area (Å²) < 4.78 is 19.4. The molecule has 1 heterocycles. The number of carbonyl (C=O) groups is 1. The highest BCUT2D eigenvalue weighted by atomic mass is 32.1. The first-order chi connectivity index (χ1) is 12.0. The molecule has 0 saturated carbocycles. The number of thiazole rings is 1. The molecule has 0 aliphatic carbocycles. The molecule has 128 valence electrons. The molecule has 2 aromatic carbocycles. The van der Waals surface area contributed by atoms with Crippen LogP contribution in [0.5, 0.6) is 11.5 Å². The Hall–Kier alpha value is -2.58. The van der Waals surface area contributed by atoms with Crippen molar-refractivity contribution in [3.8, 4) is 11.5 Å².